The van der Waals surface area contributed by atoms with Crippen molar-refractivity contribution in [3.63, 3.8) is 0 Å². The Labute approximate surface area is 103 Å². The van der Waals surface area contributed by atoms with Gasteiger partial charge >= 0.3 is 0 Å². The second-order valence-corrected chi connectivity index (χ2v) is 4.65. The first-order valence-corrected chi connectivity index (χ1v) is 6.07. The Bertz CT molecular complexity index is 537. The van der Waals surface area contributed by atoms with Crippen LogP contribution >= 0.6 is 11.3 Å². The van der Waals surface area contributed by atoms with Crippen LogP contribution in [0.2, 0.25) is 0 Å². The molecule has 88 valence electrons. The van der Waals surface area contributed by atoms with Crippen molar-refractivity contribution < 1.29 is 9.53 Å². The smallest absolute Gasteiger partial charge is 0.206 e. The molecule has 0 atom stereocenters. The quantitative estimate of drug-likeness (QED) is 0.780. The van der Waals surface area contributed by atoms with Crippen molar-refractivity contribution in [2.24, 2.45) is 0 Å². The van der Waals surface area contributed by atoms with E-state index in [4.69, 9.17) is 4.74 Å². The number of hydrogen-bond donors (Lipinski definition) is 0. The maximum absolute atomic E-state index is 12.1. The number of aromatic nitrogens is 2. The zero-order valence-electron chi connectivity index (χ0n) is 9.64. The summed E-state index contributed by atoms with van der Waals surface area (Å²) in [4.78, 5) is 20.8. The standard InChI is InChI=1S/C12H12N2O2S/c1-3-16-10-4-9(5-13-6-10)12(15)11-7-14-8(2)17-11/h4-7H,3H2,1-2H3. The fourth-order valence-corrected chi connectivity index (χ4v) is 2.14. The van der Waals surface area contributed by atoms with Crippen molar-refractivity contribution in [1.29, 1.82) is 0 Å². The van der Waals surface area contributed by atoms with E-state index in [0.717, 1.165) is 5.01 Å². The third-order valence-electron chi connectivity index (χ3n) is 2.13. The summed E-state index contributed by atoms with van der Waals surface area (Å²) in [6, 6.07) is 1.70. The summed E-state index contributed by atoms with van der Waals surface area (Å²) in [5, 5.41) is 0.877. The predicted molar refractivity (Wildman–Crippen MR) is 65.7 cm³/mol. The van der Waals surface area contributed by atoms with Crippen LogP contribution in [0.5, 0.6) is 5.75 Å². The summed E-state index contributed by atoms with van der Waals surface area (Å²) in [7, 11) is 0. The molecule has 0 bridgehead atoms. The van der Waals surface area contributed by atoms with Gasteiger partial charge in [0, 0.05) is 18.0 Å². The first kappa shape index (κ1) is 11.7. The van der Waals surface area contributed by atoms with E-state index in [2.05, 4.69) is 9.97 Å². The fraction of sp³-hybridized carbons (Fsp3) is 0.250. The Kier molecular flexibility index (Phi) is 3.49. The second-order valence-electron chi connectivity index (χ2n) is 3.41. The molecule has 0 spiro atoms. The number of carbonyl (C=O) groups is 1. The Morgan fingerprint density at radius 1 is 1.41 bits per heavy atom. The highest BCUT2D eigenvalue weighted by Gasteiger charge is 2.13. The van der Waals surface area contributed by atoms with Crippen LogP contribution in [0.4, 0.5) is 0 Å². The topological polar surface area (TPSA) is 52.1 Å². The predicted octanol–water partition coefficient (Wildman–Crippen LogP) is 2.48. The van der Waals surface area contributed by atoms with E-state index in [-0.39, 0.29) is 5.78 Å². The average molecular weight is 248 g/mol. The molecule has 2 aromatic rings. The van der Waals surface area contributed by atoms with Crippen molar-refractivity contribution >= 4 is 17.1 Å². The lowest BCUT2D eigenvalue weighted by Crippen LogP contribution is -2.01. The van der Waals surface area contributed by atoms with E-state index < -0.39 is 0 Å². The van der Waals surface area contributed by atoms with Gasteiger partial charge in [-0.3, -0.25) is 9.78 Å². The summed E-state index contributed by atoms with van der Waals surface area (Å²) < 4.78 is 5.31. The molecule has 0 aliphatic carbocycles. The Morgan fingerprint density at radius 2 is 2.24 bits per heavy atom. The number of hydrogen-bond acceptors (Lipinski definition) is 5. The van der Waals surface area contributed by atoms with Crippen LogP contribution in [-0.2, 0) is 0 Å². The van der Waals surface area contributed by atoms with E-state index >= 15 is 0 Å². The number of thiazole rings is 1. The normalized spacial score (nSPS) is 10.2. The molecule has 0 aromatic carbocycles. The van der Waals surface area contributed by atoms with Gasteiger partial charge in [-0.2, -0.15) is 0 Å². The van der Waals surface area contributed by atoms with Gasteiger partial charge in [0.2, 0.25) is 5.78 Å². The molecule has 0 aliphatic heterocycles. The van der Waals surface area contributed by atoms with Crippen molar-refractivity contribution in [2.45, 2.75) is 13.8 Å². The third kappa shape index (κ3) is 2.68. The molecule has 0 aliphatic rings. The van der Waals surface area contributed by atoms with Crippen LogP contribution < -0.4 is 4.74 Å². The Hall–Kier alpha value is -1.75. The molecule has 0 saturated carbocycles. The minimum atomic E-state index is -0.0651. The van der Waals surface area contributed by atoms with E-state index in [9.17, 15) is 4.79 Å². The molecule has 2 rings (SSSR count). The lowest BCUT2D eigenvalue weighted by Gasteiger charge is -2.03. The number of pyridine rings is 1. The number of ketones is 1. The first-order chi connectivity index (χ1) is 8.20. The highest BCUT2D eigenvalue weighted by Crippen LogP contribution is 2.19. The van der Waals surface area contributed by atoms with Gasteiger partial charge in [-0.1, -0.05) is 0 Å². The van der Waals surface area contributed by atoms with Crippen LogP contribution in [0.15, 0.2) is 24.7 Å². The lowest BCUT2D eigenvalue weighted by molar-refractivity contribution is 0.104. The zero-order chi connectivity index (χ0) is 12.3. The minimum Gasteiger partial charge on any atom is -0.492 e. The van der Waals surface area contributed by atoms with Crippen LogP contribution in [0.3, 0.4) is 0 Å². The molecule has 2 heterocycles. The maximum Gasteiger partial charge on any atom is 0.206 e. The highest BCUT2D eigenvalue weighted by molar-refractivity contribution is 7.13. The van der Waals surface area contributed by atoms with Gasteiger partial charge in [-0.25, -0.2) is 4.98 Å². The monoisotopic (exact) mass is 248 g/mol. The molecular weight excluding hydrogens is 236 g/mol. The van der Waals surface area contributed by atoms with Gasteiger partial charge in [-0.15, -0.1) is 11.3 Å². The van der Waals surface area contributed by atoms with Crippen molar-refractivity contribution in [2.75, 3.05) is 6.61 Å². The number of ether oxygens (including phenoxy) is 1. The lowest BCUT2D eigenvalue weighted by atomic mass is 10.2. The molecular formula is C12H12N2O2S. The Morgan fingerprint density at radius 3 is 2.88 bits per heavy atom. The largest absolute Gasteiger partial charge is 0.492 e. The van der Waals surface area contributed by atoms with E-state index in [1.54, 1.807) is 24.7 Å². The molecule has 2 aromatic heterocycles. The first-order valence-electron chi connectivity index (χ1n) is 5.25. The number of aryl methyl sites for hydroxylation is 1. The number of carbonyl (C=O) groups excluding carboxylic acids is 1. The summed E-state index contributed by atoms with van der Waals surface area (Å²) in [5.74, 6) is 0.546. The summed E-state index contributed by atoms with van der Waals surface area (Å²) in [6.45, 7) is 4.32. The molecule has 0 radical (unpaired) electrons. The molecule has 0 saturated heterocycles. The van der Waals surface area contributed by atoms with E-state index in [1.165, 1.54) is 11.3 Å². The molecule has 17 heavy (non-hydrogen) atoms. The molecule has 0 N–H and O–H groups in total. The van der Waals surface area contributed by atoms with Crippen LogP contribution in [0.1, 0.15) is 27.2 Å². The van der Waals surface area contributed by atoms with Gasteiger partial charge in [-0.05, 0) is 19.9 Å². The molecule has 0 fully saturated rings. The molecule has 0 unspecified atom stereocenters. The van der Waals surface area contributed by atoms with Gasteiger partial charge < -0.3 is 4.74 Å². The molecule has 0 amide bonds. The highest BCUT2D eigenvalue weighted by atomic mass is 32.1. The summed E-state index contributed by atoms with van der Waals surface area (Å²) in [5.41, 5.74) is 0.527. The van der Waals surface area contributed by atoms with E-state index in [0.29, 0.717) is 22.8 Å². The maximum atomic E-state index is 12.1. The minimum absolute atomic E-state index is 0.0651. The summed E-state index contributed by atoms with van der Waals surface area (Å²) >= 11 is 1.38. The second kappa shape index (κ2) is 5.05. The van der Waals surface area contributed by atoms with Crippen LogP contribution in [0, 0.1) is 6.92 Å². The zero-order valence-corrected chi connectivity index (χ0v) is 10.5. The SMILES string of the molecule is CCOc1cncc(C(=O)c2cnc(C)s2)c1. The molecule has 5 heteroatoms. The van der Waals surface area contributed by atoms with E-state index in [1.807, 2.05) is 13.8 Å². The van der Waals surface area contributed by atoms with Crippen LogP contribution in [-0.4, -0.2) is 22.4 Å². The third-order valence-corrected chi connectivity index (χ3v) is 3.04. The molecule has 4 nitrogen and oxygen atoms in total. The van der Waals surface area contributed by atoms with Crippen molar-refractivity contribution in [3.05, 3.63) is 40.1 Å². The fourth-order valence-electron chi connectivity index (χ4n) is 1.40. The summed E-state index contributed by atoms with van der Waals surface area (Å²) in [6.07, 6.45) is 4.73. The Balaban J connectivity index is 2.27. The average Bonchev–Trinajstić information content (AvgIpc) is 2.76. The van der Waals surface area contributed by atoms with Gasteiger partial charge in [0.05, 0.1) is 22.7 Å². The van der Waals surface area contributed by atoms with Crippen LogP contribution in [0.25, 0.3) is 0 Å². The van der Waals surface area contributed by atoms with Gasteiger partial charge in [0.25, 0.3) is 0 Å². The number of rotatable bonds is 4. The van der Waals surface area contributed by atoms with Crippen molar-refractivity contribution in [1.82, 2.24) is 9.97 Å². The van der Waals surface area contributed by atoms with Gasteiger partial charge in [0.1, 0.15) is 5.75 Å². The van der Waals surface area contributed by atoms with Crippen molar-refractivity contribution in [3.8, 4) is 5.75 Å². The van der Waals surface area contributed by atoms with Gasteiger partial charge in [0.15, 0.2) is 0 Å². The number of nitrogens with zero attached hydrogens (tertiary/aromatic N) is 2.